The molecule has 8 heteroatoms. The lowest BCUT2D eigenvalue weighted by Crippen LogP contribution is -2.15. The molecule has 1 aliphatic rings. The molecule has 3 aromatic heterocycles. The average Bonchev–Trinajstić information content (AvgIpc) is 3.06. The van der Waals surface area contributed by atoms with Crippen molar-refractivity contribution in [3.63, 3.8) is 0 Å². The van der Waals surface area contributed by atoms with Crippen molar-refractivity contribution in [3.05, 3.63) is 47.7 Å². The summed E-state index contributed by atoms with van der Waals surface area (Å²) in [6.07, 6.45) is 2.85. The van der Waals surface area contributed by atoms with Crippen molar-refractivity contribution in [2.45, 2.75) is 19.2 Å². The Hall–Kier alpha value is -2.84. The van der Waals surface area contributed by atoms with Crippen LogP contribution < -0.4 is 5.32 Å². The Morgan fingerprint density at radius 2 is 2.22 bits per heavy atom. The van der Waals surface area contributed by atoms with E-state index in [2.05, 4.69) is 15.3 Å². The van der Waals surface area contributed by atoms with Gasteiger partial charge in [0.1, 0.15) is 11.8 Å². The van der Waals surface area contributed by atoms with Crippen LogP contribution in [-0.2, 0) is 11.4 Å². The van der Waals surface area contributed by atoms with E-state index in [1.807, 2.05) is 34.9 Å². The molecule has 6 nitrogen and oxygen atoms in total. The minimum atomic E-state index is -1.04. The summed E-state index contributed by atoms with van der Waals surface area (Å²) in [5.41, 5.74) is 5.96. The molecule has 1 aliphatic carbocycles. The van der Waals surface area contributed by atoms with Gasteiger partial charge in [0.2, 0.25) is 5.91 Å². The van der Waals surface area contributed by atoms with Gasteiger partial charge in [-0.15, -0.1) is 11.3 Å². The number of nitrogens with one attached hydrogen (secondary N) is 1. The number of pyridine rings is 1. The molecule has 2 N–H and O–H groups in total. The molecule has 0 radical (unpaired) electrons. The minimum Gasteiger partial charge on any atom is -0.392 e. The lowest BCUT2D eigenvalue weighted by molar-refractivity contribution is -0.117. The number of carbonyl (C=O) groups is 1. The molecule has 4 aromatic rings. The molecule has 27 heavy (non-hydrogen) atoms. The first-order valence-corrected chi connectivity index (χ1v) is 9.41. The van der Waals surface area contributed by atoms with Gasteiger partial charge in [0, 0.05) is 6.20 Å². The van der Waals surface area contributed by atoms with E-state index in [9.17, 15) is 14.3 Å². The number of aliphatic hydroxyl groups excluding tert-OH is 1. The maximum atomic E-state index is 13.0. The number of rotatable bonds is 4. The lowest BCUT2D eigenvalue weighted by Gasteiger charge is -2.08. The monoisotopic (exact) mass is 382 g/mol. The van der Waals surface area contributed by atoms with Crippen LogP contribution in [0.15, 0.2) is 42.2 Å². The number of thiazole rings is 1. The molecule has 3 heterocycles. The molecule has 0 bridgehead atoms. The third-order valence-corrected chi connectivity index (χ3v) is 5.58. The van der Waals surface area contributed by atoms with E-state index in [1.165, 1.54) is 0 Å². The second kappa shape index (κ2) is 6.11. The third-order valence-electron chi connectivity index (χ3n) is 4.79. The van der Waals surface area contributed by atoms with Gasteiger partial charge in [-0.2, -0.15) is 0 Å². The highest BCUT2D eigenvalue weighted by atomic mass is 32.1. The first-order chi connectivity index (χ1) is 13.1. The average molecular weight is 382 g/mol. The van der Waals surface area contributed by atoms with Crippen LogP contribution >= 0.6 is 11.3 Å². The Labute approximate surface area is 157 Å². The van der Waals surface area contributed by atoms with Gasteiger partial charge < -0.3 is 14.8 Å². The number of benzene rings is 1. The Kier molecular flexibility index (Phi) is 3.70. The van der Waals surface area contributed by atoms with Crippen molar-refractivity contribution in [2.24, 2.45) is 5.92 Å². The number of amides is 1. The standard InChI is InChI=1S/C19H15FN4O2S/c20-14-4-13(14)19(26)23-17-7-24-6-10(1-2-18(24)22-17)12-5-16-15(21-9-27-16)3-11(12)8-25/h1-3,5-7,9,13-14,25H,4,8H2,(H,23,26). The zero-order valence-corrected chi connectivity index (χ0v) is 14.9. The number of hydrogen-bond acceptors (Lipinski definition) is 5. The van der Waals surface area contributed by atoms with Gasteiger partial charge in [0.15, 0.2) is 5.82 Å². The second-order valence-electron chi connectivity index (χ2n) is 6.64. The van der Waals surface area contributed by atoms with Crippen molar-refractivity contribution in [2.75, 3.05) is 5.32 Å². The van der Waals surface area contributed by atoms with Crippen molar-refractivity contribution < 1.29 is 14.3 Å². The molecule has 136 valence electrons. The van der Waals surface area contributed by atoms with Crippen molar-refractivity contribution in [3.8, 4) is 11.1 Å². The highest BCUT2D eigenvalue weighted by Gasteiger charge is 2.43. The molecule has 0 aliphatic heterocycles. The van der Waals surface area contributed by atoms with Crippen LogP contribution in [0.2, 0.25) is 0 Å². The summed E-state index contributed by atoms with van der Waals surface area (Å²) < 4.78 is 15.9. The van der Waals surface area contributed by atoms with Crippen molar-refractivity contribution >= 4 is 38.9 Å². The summed E-state index contributed by atoms with van der Waals surface area (Å²) in [5.74, 6) is -0.482. The van der Waals surface area contributed by atoms with Gasteiger partial charge in [-0.3, -0.25) is 4.79 Å². The molecule has 5 rings (SSSR count). The van der Waals surface area contributed by atoms with Gasteiger partial charge in [0.05, 0.1) is 34.4 Å². The maximum Gasteiger partial charge on any atom is 0.231 e. The number of alkyl halides is 1. The highest BCUT2D eigenvalue weighted by molar-refractivity contribution is 7.16. The molecule has 1 saturated carbocycles. The van der Waals surface area contributed by atoms with Gasteiger partial charge in [-0.05, 0) is 47.4 Å². The van der Waals surface area contributed by atoms with E-state index in [-0.39, 0.29) is 18.9 Å². The van der Waals surface area contributed by atoms with Crippen LogP contribution in [0.3, 0.4) is 0 Å². The maximum absolute atomic E-state index is 13.0. The number of anilines is 1. The molecule has 1 aromatic carbocycles. The van der Waals surface area contributed by atoms with Gasteiger partial charge >= 0.3 is 0 Å². The molecule has 2 unspecified atom stereocenters. The number of imidazole rings is 1. The lowest BCUT2D eigenvalue weighted by atomic mass is 10.0. The van der Waals surface area contributed by atoms with Crippen LogP contribution in [0.1, 0.15) is 12.0 Å². The first-order valence-electron chi connectivity index (χ1n) is 8.53. The molecule has 1 fully saturated rings. The predicted octanol–water partition coefficient (Wildman–Crippen LogP) is 3.40. The highest BCUT2D eigenvalue weighted by Crippen LogP contribution is 2.35. The van der Waals surface area contributed by atoms with Gasteiger partial charge in [0.25, 0.3) is 0 Å². The molecular weight excluding hydrogens is 367 g/mol. The summed E-state index contributed by atoms with van der Waals surface area (Å²) in [5, 5.41) is 12.4. The van der Waals surface area contributed by atoms with Crippen molar-refractivity contribution in [1.29, 1.82) is 0 Å². The number of aromatic nitrogens is 3. The van der Waals surface area contributed by atoms with E-state index >= 15 is 0 Å². The van der Waals surface area contributed by atoms with Crippen LogP contribution in [-0.4, -0.2) is 31.6 Å². The van der Waals surface area contributed by atoms with E-state index in [1.54, 1.807) is 23.0 Å². The van der Waals surface area contributed by atoms with Gasteiger partial charge in [-0.1, -0.05) is 0 Å². The minimum absolute atomic E-state index is 0.0855. The topological polar surface area (TPSA) is 79.5 Å². The molecule has 1 amide bonds. The Bertz CT molecular complexity index is 1190. The number of nitrogens with zero attached hydrogens (tertiary/aromatic N) is 3. The fourth-order valence-corrected chi connectivity index (χ4v) is 3.91. The van der Waals surface area contributed by atoms with E-state index < -0.39 is 12.1 Å². The van der Waals surface area contributed by atoms with Crippen LogP contribution in [0, 0.1) is 5.92 Å². The normalized spacial score (nSPS) is 18.9. The summed E-state index contributed by atoms with van der Waals surface area (Å²) in [4.78, 5) is 20.6. The Morgan fingerprint density at radius 3 is 3.00 bits per heavy atom. The molecule has 2 atom stereocenters. The molecule has 0 saturated heterocycles. The summed E-state index contributed by atoms with van der Waals surface area (Å²) in [6, 6.07) is 7.69. The number of carbonyl (C=O) groups excluding carboxylic acids is 1. The Morgan fingerprint density at radius 1 is 1.37 bits per heavy atom. The summed E-state index contributed by atoms with van der Waals surface area (Å²) in [6.45, 7) is -0.0855. The van der Waals surface area contributed by atoms with E-state index in [0.29, 0.717) is 11.5 Å². The number of halogens is 1. The predicted molar refractivity (Wildman–Crippen MR) is 101 cm³/mol. The van der Waals surface area contributed by atoms with E-state index in [0.717, 1.165) is 26.9 Å². The summed E-state index contributed by atoms with van der Waals surface area (Å²) >= 11 is 1.55. The SMILES string of the molecule is O=C(Nc1cn2cc(-c3cc4scnc4cc3CO)ccc2n1)C1CC1F. The van der Waals surface area contributed by atoms with Crippen molar-refractivity contribution in [1.82, 2.24) is 14.4 Å². The largest absolute Gasteiger partial charge is 0.392 e. The zero-order valence-electron chi connectivity index (χ0n) is 14.1. The molecular formula is C19H15FN4O2S. The second-order valence-corrected chi connectivity index (χ2v) is 7.53. The number of aliphatic hydroxyl groups is 1. The number of hydrogen-bond donors (Lipinski definition) is 2. The quantitative estimate of drug-likeness (QED) is 0.567. The smallest absolute Gasteiger partial charge is 0.231 e. The first kappa shape index (κ1) is 16.3. The van der Waals surface area contributed by atoms with Crippen LogP contribution in [0.25, 0.3) is 27.0 Å². The van der Waals surface area contributed by atoms with Crippen LogP contribution in [0.5, 0.6) is 0 Å². The Balaban J connectivity index is 1.52. The summed E-state index contributed by atoms with van der Waals surface area (Å²) in [7, 11) is 0. The third kappa shape index (κ3) is 2.87. The molecule has 0 spiro atoms. The fraction of sp³-hybridized carbons (Fsp3) is 0.211. The van der Waals surface area contributed by atoms with Crippen LogP contribution in [0.4, 0.5) is 10.2 Å². The van der Waals surface area contributed by atoms with E-state index in [4.69, 9.17) is 0 Å². The zero-order chi connectivity index (χ0) is 18.5. The fourth-order valence-electron chi connectivity index (χ4n) is 3.21. The van der Waals surface area contributed by atoms with Gasteiger partial charge in [-0.25, -0.2) is 14.4 Å². The number of fused-ring (bicyclic) bond motifs is 2.